The standard InChI is InChI=1S/C22H18O2/c23-22(24)21-19(15-9-3-1-4-10-15)17-13-7-8-14-18(17)20(21)16-11-5-2-6-12-16/h1-14,19-21H,(H,23,24)/t19-,20+,21-. The lowest BCUT2D eigenvalue weighted by molar-refractivity contribution is -0.142. The lowest BCUT2D eigenvalue weighted by Gasteiger charge is -2.22. The topological polar surface area (TPSA) is 37.3 Å². The molecule has 0 bridgehead atoms. The fourth-order valence-electron chi connectivity index (χ4n) is 4.04. The van der Waals surface area contributed by atoms with Gasteiger partial charge in [-0.2, -0.15) is 0 Å². The molecule has 2 heteroatoms. The molecule has 0 spiro atoms. The molecule has 3 aromatic rings. The Morgan fingerprint density at radius 2 is 1.00 bits per heavy atom. The van der Waals surface area contributed by atoms with Crippen molar-refractivity contribution in [2.24, 2.45) is 5.92 Å². The molecular weight excluding hydrogens is 296 g/mol. The van der Waals surface area contributed by atoms with Crippen molar-refractivity contribution in [3.05, 3.63) is 107 Å². The number of hydrogen-bond donors (Lipinski definition) is 1. The maximum Gasteiger partial charge on any atom is 0.308 e. The van der Waals surface area contributed by atoms with E-state index in [-0.39, 0.29) is 11.8 Å². The Morgan fingerprint density at radius 3 is 1.38 bits per heavy atom. The molecule has 1 aliphatic rings. The summed E-state index contributed by atoms with van der Waals surface area (Å²) < 4.78 is 0. The number of aliphatic carboxylic acids is 1. The number of rotatable bonds is 3. The van der Waals surface area contributed by atoms with Gasteiger partial charge in [0.25, 0.3) is 0 Å². The minimum Gasteiger partial charge on any atom is -0.481 e. The summed E-state index contributed by atoms with van der Waals surface area (Å²) in [7, 11) is 0. The van der Waals surface area contributed by atoms with Crippen molar-refractivity contribution in [1.82, 2.24) is 0 Å². The van der Waals surface area contributed by atoms with Crippen LogP contribution in [0.2, 0.25) is 0 Å². The summed E-state index contributed by atoms with van der Waals surface area (Å²) in [6, 6.07) is 28.1. The Bertz CT molecular complexity index is 789. The predicted octanol–water partition coefficient (Wildman–Crippen LogP) is 4.66. The van der Waals surface area contributed by atoms with Crippen LogP contribution in [0.25, 0.3) is 0 Å². The number of fused-ring (bicyclic) bond motifs is 1. The van der Waals surface area contributed by atoms with E-state index in [1.807, 2.05) is 72.8 Å². The summed E-state index contributed by atoms with van der Waals surface area (Å²) in [5, 5.41) is 10.0. The normalized spacial score (nSPS) is 22.1. The van der Waals surface area contributed by atoms with Gasteiger partial charge < -0.3 is 5.11 Å². The van der Waals surface area contributed by atoms with Crippen molar-refractivity contribution in [3.63, 3.8) is 0 Å². The highest BCUT2D eigenvalue weighted by atomic mass is 16.4. The van der Waals surface area contributed by atoms with E-state index in [0.29, 0.717) is 0 Å². The molecule has 3 atom stereocenters. The Morgan fingerprint density at radius 1 is 0.625 bits per heavy atom. The van der Waals surface area contributed by atoms with E-state index in [9.17, 15) is 9.90 Å². The van der Waals surface area contributed by atoms with Crippen LogP contribution >= 0.6 is 0 Å². The second-order valence-corrected chi connectivity index (χ2v) is 6.27. The quantitative estimate of drug-likeness (QED) is 0.763. The fourth-order valence-corrected chi connectivity index (χ4v) is 4.04. The van der Waals surface area contributed by atoms with Crippen LogP contribution in [-0.4, -0.2) is 11.1 Å². The zero-order valence-electron chi connectivity index (χ0n) is 13.2. The minimum absolute atomic E-state index is 0.120. The molecule has 1 N–H and O–H groups in total. The fraction of sp³-hybridized carbons (Fsp3) is 0.136. The Kier molecular flexibility index (Phi) is 3.66. The lowest BCUT2D eigenvalue weighted by atomic mass is 9.80. The molecule has 0 saturated heterocycles. The van der Waals surface area contributed by atoms with Crippen molar-refractivity contribution in [3.8, 4) is 0 Å². The van der Waals surface area contributed by atoms with Crippen LogP contribution in [0.5, 0.6) is 0 Å². The molecule has 0 amide bonds. The molecule has 2 nitrogen and oxygen atoms in total. The second-order valence-electron chi connectivity index (χ2n) is 6.27. The molecule has 4 rings (SSSR count). The number of carbonyl (C=O) groups is 1. The molecule has 1 aliphatic carbocycles. The largest absolute Gasteiger partial charge is 0.481 e. The van der Waals surface area contributed by atoms with Crippen molar-refractivity contribution in [2.75, 3.05) is 0 Å². The first kappa shape index (κ1) is 14.7. The van der Waals surface area contributed by atoms with Crippen molar-refractivity contribution < 1.29 is 9.90 Å². The third kappa shape index (κ3) is 2.31. The van der Waals surface area contributed by atoms with Gasteiger partial charge in [-0.25, -0.2) is 0 Å². The first-order chi connectivity index (χ1) is 11.8. The van der Waals surface area contributed by atoms with Crippen LogP contribution in [0.1, 0.15) is 34.1 Å². The molecule has 118 valence electrons. The molecule has 0 heterocycles. The lowest BCUT2D eigenvalue weighted by Crippen LogP contribution is -2.23. The Hall–Kier alpha value is -2.87. The van der Waals surface area contributed by atoms with E-state index in [2.05, 4.69) is 12.1 Å². The van der Waals surface area contributed by atoms with Crippen LogP contribution in [0.3, 0.4) is 0 Å². The van der Waals surface area contributed by atoms with Gasteiger partial charge >= 0.3 is 5.97 Å². The average Bonchev–Trinajstić information content (AvgIpc) is 2.98. The number of benzene rings is 3. The van der Waals surface area contributed by atoms with Gasteiger partial charge in [-0.1, -0.05) is 84.9 Å². The van der Waals surface area contributed by atoms with Gasteiger partial charge in [-0.05, 0) is 22.3 Å². The van der Waals surface area contributed by atoms with E-state index < -0.39 is 11.9 Å². The molecule has 0 aromatic heterocycles. The van der Waals surface area contributed by atoms with Gasteiger partial charge in [-0.15, -0.1) is 0 Å². The highest BCUT2D eigenvalue weighted by Gasteiger charge is 2.46. The van der Waals surface area contributed by atoms with Crippen LogP contribution < -0.4 is 0 Å². The van der Waals surface area contributed by atoms with E-state index in [0.717, 1.165) is 22.3 Å². The molecule has 0 unspecified atom stereocenters. The van der Waals surface area contributed by atoms with Crippen LogP contribution in [0, 0.1) is 5.92 Å². The van der Waals surface area contributed by atoms with E-state index in [4.69, 9.17) is 0 Å². The maximum atomic E-state index is 12.2. The average molecular weight is 314 g/mol. The first-order valence-corrected chi connectivity index (χ1v) is 8.19. The summed E-state index contributed by atoms with van der Waals surface area (Å²) in [6.45, 7) is 0. The SMILES string of the molecule is O=C(O)[C@@H]1[C@H](c2ccccc2)c2ccccc2[C@@H]1c1ccccc1. The Labute approximate surface area is 141 Å². The summed E-state index contributed by atoms with van der Waals surface area (Å²) in [4.78, 5) is 12.2. The third-order valence-corrected chi connectivity index (χ3v) is 4.99. The van der Waals surface area contributed by atoms with Crippen LogP contribution in [0.4, 0.5) is 0 Å². The van der Waals surface area contributed by atoms with Gasteiger partial charge in [0.05, 0.1) is 5.92 Å². The summed E-state index contributed by atoms with van der Waals surface area (Å²) in [5.74, 6) is -1.48. The van der Waals surface area contributed by atoms with Crippen LogP contribution in [0.15, 0.2) is 84.9 Å². The molecule has 0 fully saturated rings. The van der Waals surface area contributed by atoms with Crippen molar-refractivity contribution in [1.29, 1.82) is 0 Å². The third-order valence-electron chi connectivity index (χ3n) is 4.99. The summed E-state index contributed by atoms with van der Waals surface area (Å²) in [6.07, 6.45) is 0. The first-order valence-electron chi connectivity index (χ1n) is 8.19. The molecule has 0 radical (unpaired) electrons. The van der Waals surface area contributed by atoms with E-state index >= 15 is 0 Å². The van der Waals surface area contributed by atoms with Gasteiger partial charge in [0.15, 0.2) is 0 Å². The van der Waals surface area contributed by atoms with Gasteiger partial charge in [0.1, 0.15) is 0 Å². The van der Waals surface area contributed by atoms with Gasteiger partial charge in [0, 0.05) is 11.8 Å². The Balaban J connectivity index is 1.94. The number of carboxylic acids is 1. The van der Waals surface area contributed by atoms with E-state index in [1.54, 1.807) is 0 Å². The zero-order valence-corrected chi connectivity index (χ0v) is 13.2. The van der Waals surface area contributed by atoms with E-state index in [1.165, 1.54) is 0 Å². The summed E-state index contributed by atoms with van der Waals surface area (Å²) in [5.41, 5.74) is 4.39. The number of carboxylic acid groups (broad SMARTS) is 1. The second kappa shape index (κ2) is 5.97. The highest BCUT2D eigenvalue weighted by Crippen LogP contribution is 2.52. The monoisotopic (exact) mass is 314 g/mol. The smallest absolute Gasteiger partial charge is 0.308 e. The minimum atomic E-state index is -0.742. The number of hydrogen-bond acceptors (Lipinski definition) is 1. The predicted molar refractivity (Wildman–Crippen MR) is 94.1 cm³/mol. The summed E-state index contributed by atoms with van der Waals surface area (Å²) >= 11 is 0. The molecular formula is C22H18O2. The van der Waals surface area contributed by atoms with Gasteiger partial charge in [0.2, 0.25) is 0 Å². The van der Waals surface area contributed by atoms with Crippen molar-refractivity contribution >= 4 is 5.97 Å². The van der Waals surface area contributed by atoms with Crippen molar-refractivity contribution in [2.45, 2.75) is 11.8 Å². The molecule has 24 heavy (non-hydrogen) atoms. The van der Waals surface area contributed by atoms with Gasteiger partial charge in [-0.3, -0.25) is 4.79 Å². The molecule has 3 aromatic carbocycles. The maximum absolute atomic E-state index is 12.2. The zero-order chi connectivity index (χ0) is 16.5. The molecule has 0 aliphatic heterocycles. The van der Waals surface area contributed by atoms with Crippen LogP contribution in [-0.2, 0) is 4.79 Å². The highest BCUT2D eigenvalue weighted by molar-refractivity contribution is 5.77. The molecule has 0 saturated carbocycles.